The van der Waals surface area contributed by atoms with Crippen LogP contribution in [0.25, 0.3) is 11.5 Å². The number of hydrogen-bond acceptors (Lipinski definition) is 4. The maximum Gasteiger partial charge on any atom is 0.317 e. The van der Waals surface area contributed by atoms with Crippen molar-refractivity contribution in [1.29, 1.82) is 0 Å². The molecule has 2 amide bonds. The van der Waals surface area contributed by atoms with E-state index in [4.69, 9.17) is 9.40 Å². The molecular formula is C19H24N4O2. The second kappa shape index (κ2) is 6.88. The molecule has 2 fully saturated rings. The van der Waals surface area contributed by atoms with E-state index in [-0.39, 0.29) is 6.03 Å². The number of rotatable bonds is 4. The highest BCUT2D eigenvalue weighted by Gasteiger charge is 2.31. The molecule has 0 bridgehead atoms. The van der Waals surface area contributed by atoms with Crippen LogP contribution in [0.15, 0.2) is 34.7 Å². The van der Waals surface area contributed by atoms with Gasteiger partial charge in [-0.25, -0.2) is 9.78 Å². The van der Waals surface area contributed by atoms with E-state index < -0.39 is 0 Å². The molecule has 4 rings (SSSR count). The summed E-state index contributed by atoms with van der Waals surface area (Å²) in [6.07, 6.45) is 2.19. The Kier molecular flexibility index (Phi) is 4.44. The molecule has 0 radical (unpaired) electrons. The monoisotopic (exact) mass is 340 g/mol. The highest BCUT2D eigenvalue weighted by atomic mass is 16.4. The number of nitrogens with one attached hydrogen (secondary N) is 1. The summed E-state index contributed by atoms with van der Waals surface area (Å²) in [5.41, 5.74) is 1.99. The molecule has 6 heteroatoms. The zero-order chi connectivity index (χ0) is 17.2. The summed E-state index contributed by atoms with van der Waals surface area (Å²) in [6, 6.07) is 10.4. The van der Waals surface area contributed by atoms with Gasteiger partial charge >= 0.3 is 6.03 Å². The molecule has 2 aromatic rings. The number of carbonyl (C=O) groups excluding carboxylic acids is 1. The lowest BCUT2D eigenvalue weighted by molar-refractivity contribution is 0.121. The minimum atomic E-state index is 0.0795. The van der Waals surface area contributed by atoms with Gasteiger partial charge in [0.1, 0.15) is 5.76 Å². The summed E-state index contributed by atoms with van der Waals surface area (Å²) < 4.78 is 5.87. The fourth-order valence-corrected chi connectivity index (χ4v) is 3.75. The van der Waals surface area contributed by atoms with Crippen LogP contribution in [0.3, 0.4) is 0 Å². The summed E-state index contributed by atoms with van der Waals surface area (Å²) in [5, 5.41) is 2.90. The summed E-state index contributed by atoms with van der Waals surface area (Å²) in [4.78, 5) is 21.0. The molecule has 0 aliphatic carbocycles. The molecule has 2 aliphatic heterocycles. The standard InChI is InChI=1S/C19H24N4O2/c1-14-17(21-18(25-14)15-6-3-2-4-7-15)13-22-10-5-8-16(12-22)23-11-9-20-19(23)24/h2-4,6-7,16H,5,8-13H2,1H3,(H,20,24)/t16-/m1/s1. The zero-order valence-corrected chi connectivity index (χ0v) is 14.6. The minimum Gasteiger partial charge on any atom is -0.441 e. The number of aryl methyl sites for hydroxylation is 1. The second-order valence-corrected chi connectivity index (χ2v) is 6.84. The first-order valence-electron chi connectivity index (χ1n) is 8.99. The third-order valence-electron chi connectivity index (χ3n) is 5.10. The van der Waals surface area contributed by atoms with Gasteiger partial charge in [0, 0.05) is 37.8 Å². The first-order valence-corrected chi connectivity index (χ1v) is 8.99. The number of oxazole rings is 1. The lowest BCUT2D eigenvalue weighted by atomic mass is 10.0. The maximum absolute atomic E-state index is 11.9. The fourth-order valence-electron chi connectivity index (χ4n) is 3.75. The molecule has 132 valence electrons. The number of amides is 2. The van der Waals surface area contributed by atoms with Crippen LogP contribution in [-0.4, -0.2) is 53.0 Å². The van der Waals surface area contributed by atoms with Crippen molar-refractivity contribution in [2.45, 2.75) is 32.4 Å². The number of piperidine rings is 1. The van der Waals surface area contributed by atoms with Crippen molar-refractivity contribution >= 4 is 6.03 Å². The third-order valence-corrected chi connectivity index (χ3v) is 5.10. The minimum absolute atomic E-state index is 0.0795. The number of likely N-dealkylation sites (tertiary alicyclic amines) is 1. The number of benzene rings is 1. The molecule has 0 unspecified atom stereocenters. The molecule has 1 aromatic heterocycles. The number of aromatic nitrogens is 1. The molecule has 0 saturated carbocycles. The van der Waals surface area contributed by atoms with Crippen molar-refractivity contribution < 1.29 is 9.21 Å². The third kappa shape index (κ3) is 3.39. The Bertz CT molecular complexity index is 743. The largest absolute Gasteiger partial charge is 0.441 e. The maximum atomic E-state index is 11.9. The molecule has 1 atom stereocenters. The molecule has 1 aromatic carbocycles. The smallest absolute Gasteiger partial charge is 0.317 e. The predicted octanol–water partition coefficient (Wildman–Crippen LogP) is 2.64. The first kappa shape index (κ1) is 16.1. The van der Waals surface area contributed by atoms with E-state index in [1.165, 1.54) is 0 Å². The van der Waals surface area contributed by atoms with Gasteiger partial charge < -0.3 is 14.6 Å². The highest BCUT2D eigenvalue weighted by Crippen LogP contribution is 2.24. The van der Waals surface area contributed by atoms with Gasteiger partial charge in [0.25, 0.3) is 0 Å². The van der Waals surface area contributed by atoms with Crippen LogP contribution in [0.2, 0.25) is 0 Å². The van der Waals surface area contributed by atoms with Gasteiger partial charge in [-0.3, -0.25) is 4.90 Å². The Labute approximate surface area is 147 Å². The average molecular weight is 340 g/mol. The van der Waals surface area contributed by atoms with Crippen LogP contribution >= 0.6 is 0 Å². The van der Waals surface area contributed by atoms with Crippen LogP contribution in [0.5, 0.6) is 0 Å². The Morgan fingerprint density at radius 3 is 2.88 bits per heavy atom. The number of nitrogens with zero attached hydrogens (tertiary/aromatic N) is 3. The van der Waals surface area contributed by atoms with E-state index >= 15 is 0 Å². The van der Waals surface area contributed by atoms with E-state index in [2.05, 4.69) is 10.2 Å². The Morgan fingerprint density at radius 2 is 2.12 bits per heavy atom. The molecule has 25 heavy (non-hydrogen) atoms. The number of carbonyl (C=O) groups is 1. The Hall–Kier alpha value is -2.34. The molecule has 6 nitrogen and oxygen atoms in total. The van der Waals surface area contributed by atoms with Gasteiger partial charge in [0.2, 0.25) is 5.89 Å². The molecule has 1 N–H and O–H groups in total. The number of urea groups is 1. The predicted molar refractivity (Wildman–Crippen MR) is 95.1 cm³/mol. The van der Waals surface area contributed by atoms with E-state index in [9.17, 15) is 4.79 Å². The van der Waals surface area contributed by atoms with Crippen LogP contribution in [0.4, 0.5) is 4.79 Å². The fraction of sp³-hybridized carbons (Fsp3) is 0.474. The van der Waals surface area contributed by atoms with Gasteiger partial charge in [-0.15, -0.1) is 0 Å². The lowest BCUT2D eigenvalue weighted by Gasteiger charge is -2.36. The first-order chi connectivity index (χ1) is 12.2. The highest BCUT2D eigenvalue weighted by molar-refractivity contribution is 5.76. The van der Waals surface area contributed by atoms with Gasteiger partial charge in [0.05, 0.1) is 5.69 Å². The van der Waals surface area contributed by atoms with Crippen molar-refractivity contribution in [3.63, 3.8) is 0 Å². The van der Waals surface area contributed by atoms with Crippen molar-refractivity contribution in [1.82, 2.24) is 20.1 Å². The molecule has 2 aliphatic rings. The van der Waals surface area contributed by atoms with Crippen LogP contribution < -0.4 is 5.32 Å². The average Bonchev–Trinajstić information content (AvgIpc) is 3.22. The van der Waals surface area contributed by atoms with Gasteiger partial charge in [0.15, 0.2) is 0 Å². The van der Waals surface area contributed by atoms with Crippen LogP contribution in [0, 0.1) is 6.92 Å². The van der Waals surface area contributed by atoms with E-state index in [1.54, 1.807) is 0 Å². The molecule has 3 heterocycles. The summed E-state index contributed by atoms with van der Waals surface area (Å²) in [6.45, 7) is 6.27. The Morgan fingerprint density at radius 1 is 1.28 bits per heavy atom. The molecular weight excluding hydrogens is 316 g/mol. The SMILES string of the molecule is Cc1oc(-c2ccccc2)nc1CN1CCC[C@@H](N2CCNC2=O)C1. The zero-order valence-electron chi connectivity index (χ0n) is 14.6. The summed E-state index contributed by atoms with van der Waals surface area (Å²) in [7, 11) is 0. The topological polar surface area (TPSA) is 61.6 Å². The van der Waals surface area contributed by atoms with Crippen molar-refractivity contribution in [2.24, 2.45) is 0 Å². The van der Waals surface area contributed by atoms with Crippen LogP contribution in [-0.2, 0) is 6.54 Å². The van der Waals surface area contributed by atoms with E-state index in [0.29, 0.717) is 11.9 Å². The normalized spacial score (nSPS) is 21.6. The summed E-state index contributed by atoms with van der Waals surface area (Å²) in [5.74, 6) is 1.56. The van der Waals surface area contributed by atoms with Crippen LogP contribution in [0.1, 0.15) is 24.3 Å². The quantitative estimate of drug-likeness (QED) is 0.929. The Balaban J connectivity index is 1.45. The van der Waals surface area contributed by atoms with E-state index in [1.807, 2.05) is 42.2 Å². The second-order valence-electron chi connectivity index (χ2n) is 6.84. The van der Waals surface area contributed by atoms with E-state index in [0.717, 1.165) is 62.6 Å². The van der Waals surface area contributed by atoms with Crippen molar-refractivity contribution in [3.05, 3.63) is 41.8 Å². The van der Waals surface area contributed by atoms with Gasteiger partial charge in [-0.2, -0.15) is 0 Å². The lowest BCUT2D eigenvalue weighted by Crippen LogP contribution is -2.48. The molecule has 0 spiro atoms. The van der Waals surface area contributed by atoms with Crippen molar-refractivity contribution in [3.8, 4) is 11.5 Å². The number of hydrogen-bond donors (Lipinski definition) is 1. The summed E-state index contributed by atoms with van der Waals surface area (Å²) >= 11 is 0. The molecule has 2 saturated heterocycles. The van der Waals surface area contributed by atoms with Gasteiger partial charge in [-0.05, 0) is 38.4 Å². The van der Waals surface area contributed by atoms with Crippen molar-refractivity contribution in [2.75, 3.05) is 26.2 Å². The van der Waals surface area contributed by atoms with Gasteiger partial charge in [-0.1, -0.05) is 18.2 Å².